The number of nitrogens with zero attached hydrogens (tertiary/aromatic N) is 2. The van der Waals surface area contributed by atoms with E-state index in [0.29, 0.717) is 16.8 Å². The highest BCUT2D eigenvalue weighted by Crippen LogP contribution is 2.40. The molecule has 0 amide bonds. The van der Waals surface area contributed by atoms with Gasteiger partial charge < -0.3 is 5.11 Å². The van der Waals surface area contributed by atoms with Gasteiger partial charge in [-0.3, -0.25) is 9.20 Å². The van der Waals surface area contributed by atoms with Crippen molar-refractivity contribution in [3.05, 3.63) is 58.0 Å². The summed E-state index contributed by atoms with van der Waals surface area (Å²) in [6.45, 7) is 0. The number of aromatic nitrogens is 2. The minimum Gasteiger partial charge on any atom is -0.478 e. The predicted octanol–water partition coefficient (Wildman–Crippen LogP) is 2.42. The van der Waals surface area contributed by atoms with Crippen LogP contribution in [-0.2, 0) is 0 Å². The number of carbonyl (C=O) groups is 1. The quantitative estimate of drug-likeness (QED) is 0.732. The third-order valence-electron chi connectivity index (χ3n) is 3.94. The standard InChI is InChI=1S/C16H12N2O3/c19-15-12-8-10(9-3-4-9)5-6-13(12)17-14-11(16(20)21)2-1-7-18(14)15/h1-2,5-9H,3-4H2,(H,20,21). The third-order valence-corrected chi connectivity index (χ3v) is 3.94. The molecule has 1 N–H and O–H groups in total. The first-order valence-corrected chi connectivity index (χ1v) is 6.83. The van der Waals surface area contributed by atoms with Crippen LogP contribution in [0.25, 0.3) is 16.6 Å². The van der Waals surface area contributed by atoms with E-state index in [4.69, 9.17) is 0 Å². The van der Waals surface area contributed by atoms with Crippen molar-refractivity contribution in [2.45, 2.75) is 18.8 Å². The number of aromatic carboxylic acids is 1. The van der Waals surface area contributed by atoms with E-state index in [1.165, 1.54) is 10.5 Å². The van der Waals surface area contributed by atoms with Gasteiger partial charge in [-0.1, -0.05) is 6.07 Å². The number of benzene rings is 1. The van der Waals surface area contributed by atoms with E-state index in [9.17, 15) is 14.7 Å². The maximum atomic E-state index is 12.6. The topological polar surface area (TPSA) is 71.7 Å². The van der Waals surface area contributed by atoms with Gasteiger partial charge in [0, 0.05) is 6.20 Å². The van der Waals surface area contributed by atoms with Crippen molar-refractivity contribution < 1.29 is 9.90 Å². The molecule has 0 saturated heterocycles. The molecule has 4 rings (SSSR count). The second-order valence-electron chi connectivity index (χ2n) is 5.39. The lowest BCUT2D eigenvalue weighted by Gasteiger charge is -2.07. The zero-order valence-electron chi connectivity index (χ0n) is 11.1. The molecule has 104 valence electrons. The van der Waals surface area contributed by atoms with Crippen LogP contribution >= 0.6 is 0 Å². The van der Waals surface area contributed by atoms with Gasteiger partial charge in [0.25, 0.3) is 5.56 Å². The first-order valence-electron chi connectivity index (χ1n) is 6.83. The molecule has 2 aromatic heterocycles. The molecule has 0 bridgehead atoms. The zero-order valence-corrected chi connectivity index (χ0v) is 11.1. The number of hydrogen-bond donors (Lipinski definition) is 1. The summed E-state index contributed by atoms with van der Waals surface area (Å²) in [6, 6.07) is 8.68. The van der Waals surface area contributed by atoms with E-state index in [1.54, 1.807) is 12.3 Å². The van der Waals surface area contributed by atoms with Crippen molar-refractivity contribution in [3.8, 4) is 0 Å². The highest BCUT2D eigenvalue weighted by molar-refractivity contribution is 5.95. The molecule has 21 heavy (non-hydrogen) atoms. The Labute approximate surface area is 119 Å². The van der Waals surface area contributed by atoms with Gasteiger partial charge in [0.1, 0.15) is 5.56 Å². The fourth-order valence-corrected chi connectivity index (χ4v) is 2.68. The highest BCUT2D eigenvalue weighted by Gasteiger charge is 2.24. The number of hydrogen-bond acceptors (Lipinski definition) is 3. The smallest absolute Gasteiger partial charge is 0.339 e. The molecular formula is C16H12N2O3. The summed E-state index contributed by atoms with van der Waals surface area (Å²) in [6.07, 6.45) is 3.88. The average molecular weight is 280 g/mol. The molecule has 1 aliphatic rings. The average Bonchev–Trinajstić information content (AvgIpc) is 3.31. The van der Waals surface area contributed by atoms with Gasteiger partial charge in [-0.05, 0) is 48.6 Å². The fraction of sp³-hybridized carbons (Fsp3) is 0.188. The normalized spacial score (nSPS) is 14.7. The van der Waals surface area contributed by atoms with E-state index in [0.717, 1.165) is 18.4 Å². The van der Waals surface area contributed by atoms with E-state index >= 15 is 0 Å². The fourth-order valence-electron chi connectivity index (χ4n) is 2.68. The van der Waals surface area contributed by atoms with Crippen LogP contribution in [0.15, 0.2) is 41.3 Å². The number of carboxylic acids is 1. The SMILES string of the molecule is O=C(O)c1cccn2c(=O)c3cc(C4CC4)ccc3nc12. The lowest BCUT2D eigenvalue weighted by atomic mass is 10.1. The molecule has 0 aliphatic heterocycles. The van der Waals surface area contributed by atoms with E-state index in [1.807, 2.05) is 18.2 Å². The number of pyridine rings is 1. The first-order chi connectivity index (χ1) is 10.1. The summed E-state index contributed by atoms with van der Waals surface area (Å²) in [7, 11) is 0. The van der Waals surface area contributed by atoms with Crippen molar-refractivity contribution in [2.75, 3.05) is 0 Å². The molecule has 5 nitrogen and oxygen atoms in total. The molecule has 0 unspecified atom stereocenters. The highest BCUT2D eigenvalue weighted by atomic mass is 16.4. The van der Waals surface area contributed by atoms with Gasteiger partial charge in [-0.2, -0.15) is 0 Å². The summed E-state index contributed by atoms with van der Waals surface area (Å²) in [5, 5.41) is 9.76. The summed E-state index contributed by atoms with van der Waals surface area (Å²) in [4.78, 5) is 28.2. The van der Waals surface area contributed by atoms with Crippen LogP contribution in [0.1, 0.15) is 34.7 Å². The van der Waals surface area contributed by atoms with Crippen LogP contribution in [-0.4, -0.2) is 20.5 Å². The number of rotatable bonds is 2. The van der Waals surface area contributed by atoms with Gasteiger partial charge in [0.2, 0.25) is 0 Å². The van der Waals surface area contributed by atoms with E-state index in [2.05, 4.69) is 4.98 Å². The van der Waals surface area contributed by atoms with Crippen LogP contribution in [0.4, 0.5) is 0 Å². The first kappa shape index (κ1) is 12.1. The zero-order chi connectivity index (χ0) is 14.6. The van der Waals surface area contributed by atoms with Crippen molar-refractivity contribution in [1.82, 2.24) is 9.38 Å². The minimum atomic E-state index is -1.09. The van der Waals surface area contributed by atoms with Gasteiger partial charge in [-0.15, -0.1) is 0 Å². The van der Waals surface area contributed by atoms with Crippen LogP contribution in [0.3, 0.4) is 0 Å². The monoisotopic (exact) mass is 280 g/mol. The molecule has 1 aromatic carbocycles. The van der Waals surface area contributed by atoms with Gasteiger partial charge in [0.15, 0.2) is 5.65 Å². The Morgan fingerprint density at radius 2 is 2.10 bits per heavy atom. The van der Waals surface area contributed by atoms with Crippen molar-refractivity contribution in [1.29, 1.82) is 0 Å². The van der Waals surface area contributed by atoms with E-state index < -0.39 is 5.97 Å². The lowest BCUT2D eigenvalue weighted by Crippen LogP contribution is -2.17. The predicted molar refractivity (Wildman–Crippen MR) is 77.9 cm³/mol. The second-order valence-corrected chi connectivity index (χ2v) is 5.39. The van der Waals surface area contributed by atoms with Crippen molar-refractivity contribution >= 4 is 22.5 Å². The maximum Gasteiger partial charge on any atom is 0.339 e. The van der Waals surface area contributed by atoms with Crippen LogP contribution in [0.5, 0.6) is 0 Å². The molecule has 1 aliphatic carbocycles. The summed E-state index contributed by atoms with van der Waals surface area (Å²) in [5.41, 5.74) is 1.69. The molecule has 1 fully saturated rings. The van der Waals surface area contributed by atoms with Crippen LogP contribution in [0, 0.1) is 0 Å². The summed E-state index contributed by atoms with van der Waals surface area (Å²) >= 11 is 0. The molecule has 1 saturated carbocycles. The Morgan fingerprint density at radius 1 is 1.29 bits per heavy atom. The summed E-state index contributed by atoms with van der Waals surface area (Å²) < 4.78 is 1.31. The number of carboxylic acid groups (broad SMARTS) is 1. The van der Waals surface area contributed by atoms with Gasteiger partial charge in [0.05, 0.1) is 10.9 Å². The molecule has 0 radical (unpaired) electrons. The Kier molecular flexibility index (Phi) is 2.39. The summed E-state index contributed by atoms with van der Waals surface area (Å²) in [5.74, 6) is -0.534. The molecule has 0 atom stereocenters. The van der Waals surface area contributed by atoms with Crippen LogP contribution < -0.4 is 5.56 Å². The Balaban J connectivity index is 2.11. The van der Waals surface area contributed by atoms with Crippen molar-refractivity contribution in [3.63, 3.8) is 0 Å². The molecule has 5 heteroatoms. The second kappa shape index (κ2) is 4.15. The minimum absolute atomic E-state index is 0.0303. The van der Waals surface area contributed by atoms with Gasteiger partial charge >= 0.3 is 5.97 Å². The molecule has 2 heterocycles. The lowest BCUT2D eigenvalue weighted by molar-refractivity contribution is 0.0698. The largest absolute Gasteiger partial charge is 0.478 e. The number of fused-ring (bicyclic) bond motifs is 2. The Bertz CT molecular complexity index is 955. The third kappa shape index (κ3) is 1.81. The van der Waals surface area contributed by atoms with Crippen molar-refractivity contribution in [2.24, 2.45) is 0 Å². The van der Waals surface area contributed by atoms with Gasteiger partial charge in [-0.25, -0.2) is 9.78 Å². The molecule has 0 spiro atoms. The Hall–Kier alpha value is -2.69. The molecule has 3 aromatic rings. The maximum absolute atomic E-state index is 12.6. The van der Waals surface area contributed by atoms with E-state index in [-0.39, 0.29) is 16.8 Å². The Morgan fingerprint density at radius 3 is 2.81 bits per heavy atom. The molecular weight excluding hydrogens is 268 g/mol. The van der Waals surface area contributed by atoms with Crippen LogP contribution in [0.2, 0.25) is 0 Å².